The SMILES string of the molecule is CC(=O)N1CCCCC1c1nc2c(c(N(C)C)n1)CCN(C)C2. The minimum atomic E-state index is 0.0254. The summed E-state index contributed by atoms with van der Waals surface area (Å²) in [5.74, 6) is 1.96. The van der Waals surface area contributed by atoms with E-state index < -0.39 is 0 Å². The lowest BCUT2D eigenvalue weighted by atomic mass is 10.00. The maximum absolute atomic E-state index is 12.0. The van der Waals surface area contributed by atoms with E-state index in [9.17, 15) is 4.79 Å². The molecule has 1 aromatic rings. The zero-order valence-corrected chi connectivity index (χ0v) is 14.7. The summed E-state index contributed by atoms with van der Waals surface area (Å²) >= 11 is 0. The molecule has 6 heteroatoms. The Bertz CT molecular complexity index is 601. The van der Waals surface area contributed by atoms with Crippen LogP contribution in [0.2, 0.25) is 0 Å². The van der Waals surface area contributed by atoms with Gasteiger partial charge >= 0.3 is 0 Å². The number of aromatic nitrogens is 2. The number of fused-ring (bicyclic) bond motifs is 1. The van der Waals surface area contributed by atoms with Crippen molar-refractivity contribution in [1.82, 2.24) is 19.8 Å². The number of carbonyl (C=O) groups excluding carboxylic acids is 1. The number of carbonyl (C=O) groups is 1. The molecule has 1 atom stereocenters. The molecule has 0 radical (unpaired) electrons. The fraction of sp³-hybridized carbons (Fsp3) is 0.706. The Morgan fingerprint density at radius 1 is 1.22 bits per heavy atom. The third-order valence-electron chi connectivity index (χ3n) is 4.88. The summed E-state index contributed by atoms with van der Waals surface area (Å²) in [6.45, 7) is 4.37. The van der Waals surface area contributed by atoms with E-state index >= 15 is 0 Å². The molecular formula is C17H27N5O. The lowest BCUT2D eigenvalue weighted by Gasteiger charge is -2.35. The summed E-state index contributed by atoms with van der Waals surface area (Å²) in [7, 11) is 6.20. The van der Waals surface area contributed by atoms with Crippen molar-refractivity contribution >= 4 is 11.7 Å². The lowest BCUT2D eigenvalue weighted by molar-refractivity contribution is -0.132. The van der Waals surface area contributed by atoms with Crippen molar-refractivity contribution < 1.29 is 4.79 Å². The summed E-state index contributed by atoms with van der Waals surface area (Å²) < 4.78 is 0. The number of rotatable bonds is 2. The van der Waals surface area contributed by atoms with Crippen LogP contribution in [0.3, 0.4) is 0 Å². The van der Waals surface area contributed by atoms with Crippen molar-refractivity contribution in [1.29, 1.82) is 0 Å². The Morgan fingerprint density at radius 2 is 2.00 bits per heavy atom. The summed E-state index contributed by atoms with van der Waals surface area (Å²) in [5, 5.41) is 0. The minimum Gasteiger partial charge on any atom is -0.362 e. The summed E-state index contributed by atoms with van der Waals surface area (Å²) in [6, 6.07) is 0.0254. The van der Waals surface area contributed by atoms with Crippen LogP contribution < -0.4 is 4.90 Å². The van der Waals surface area contributed by atoms with E-state index in [1.807, 2.05) is 19.0 Å². The van der Waals surface area contributed by atoms with Gasteiger partial charge in [0, 0.05) is 46.2 Å². The number of amides is 1. The molecule has 0 aliphatic carbocycles. The molecule has 2 aliphatic heterocycles. The Kier molecular flexibility index (Phi) is 4.53. The molecule has 126 valence electrons. The average molecular weight is 317 g/mol. The molecule has 1 saturated heterocycles. The van der Waals surface area contributed by atoms with Gasteiger partial charge < -0.3 is 14.7 Å². The first-order valence-electron chi connectivity index (χ1n) is 8.50. The highest BCUT2D eigenvalue weighted by Crippen LogP contribution is 2.32. The number of likely N-dealkylation sites (tertiary alicyclic amines) is 1. The Hall–Kier alpha value is -1.69. The molecule has 3 heterocycles. The molecule has 23 heavy (non-hydrogen) atoms. The second-order valence-electron chi connectivity index (χ2n) is 6.94. The van der Waals surface area contributed by atoms with Gasteiger partial charge in [0.15, 0.2) is 5.82 Å². The third kappa shape index (κ3) is 3.17. The zero-order valence-electron chi connectivity index (χ0n) is 14.7. The number of nitrogens with zero attached hydrogens (tertiary/aromatic N) is 5. The van der Waals surface area contributed by atoms with Crippen LogP contribution in [0.5, 0.6) is 0 Å². The predicted octanol–water partition coefficient (Wildman–Crippen LogP) is 1.60. The standard InChI is InChI=1S/C17H27N5O/c1-12(23)22-9-6-5-7-15(22)16-18-14-11-21(4)10-8-13(14)17(19-16)20(2)3/h15H,5-11H2,1-4H3. The van der Waals surface area contributed by atoms with Gasteiger partial charge in [-0.25, -0.2) is 9.97 Å². The quantitative estimate of drug-likeness (QED) is 0.829. The highest BCUT2D eigenvalue weighted by molar-refractivity contribution is 5.73. The highest BCUT2D eigenvalue weighted by Gasteiger charge is 2.30. The maximum Gasteiger partial charge on any atom is 0.220 e. The van der Waals surface area contributed by atoms with Gasteiger partial charge in [-0.15, -0.1) is 0 Å². The molecule has 2 aliphatic rings. The van der Waals surface area contributed by atoms with E-state index in [-0.39, 0.29) is 11.9 Å². The van der Waals surface area contributed by atoms with Gasteiger partial charge in [-0.3, -0.25) is 4.79 Å². The Morgan fingerprint density at radius 3 is 2.70 bits per heavy atom. The van der Waals surface area contributed by atoms with E-state index in [4.69, 9.17) is 9.97 Å². The number of piperidine rings is 1. The van der Waals surface area contributed by atoms with E-state index in [1.165, 1.54) is 5.56 Å². The smallest absolute Gasteiger partial charge is 0.220 e. The van der Waals surface area contributed by atoms with Gasteiger partial charge in [-0.2, -0.15) is 0 Å². The fourth-order valence-corrected chi connectivity index (χ4v) is 3.66. The zero-order chi connectivity index (χ0) is 16.6. The summed E-state index contributed by atoms with van der Waals surface area (Å²) in [4.78, 5) is 28.1. The molecule has 1 unspecified atom stereocenters. The van der Waals surface area contributed by atoms with Crippen LogP contribution in [-0.2, 0) is 17.8 Å². The molecule has 6 nitrogen and oxygen atoms in total. The highest BCUT2D eigenvalue weighted by atomic mass is 16.2. The largest absolute Gasteiger partial charge is 0.362 e. The second kappa shape index (κ2) is 6.43. The van der Waals surface area contributed by atoms with E-state index in [0.29, 0.717) is 0 Å². The maximum atomic E-state index is 12.0. The molecule has 0 N–H and O–H groups in total. The Balaban J connectivity index is 2.03. The van der Waals surface area contributed by atoms with Crippen molar-refractivity contribution in [3.63, 3.8) is 0 Å². The molecule has 3 rings (SSSR count). The predicted molar refractivity (Wildman–Crippen MR) is 90.4 cm³/mol. The normalized spacial score (nSPS) is 21.9. The molecule has 0 spiro atoms. The monoisotopic (exact) mass is 317 g/mol. The van der Waals surface area contributed by atoms with Crippen molar-refractivity contribution in [2.24, 2.45) is 0 Å². The molecule has 0 aromatic carbocycles. The molecule has 1 aromatic heterocycles. The van der Waals surface area contributed by atoms with Gasteiger partial charge in [0.2, 0.25) is 5.91 Å². The first kappa shape index (κ1) is 16.2. The fourth-order valence-electron chi connectivity index (χ4n) is 3.66. The van der Waals surface area contributed by atoms with Crippen molar-refractivity contribution in [2.75, 3.05) is 39.1 Å². The van der Waals surface area contributed by atoms with Gasteiger partial charge in [0.05, 0.1) is 11.7 Å². The van der Waals surface area contributed by atoms with Crippen LogP contribution in [0.25, 0.3) is 0 Å². The first-order valence-corrected chi connectivity index (χ1v) is 8.50. The average Bonchev–Trinajstić information content (AvgIpc) is 2.53. The number of anilines is 1. The van der Waals surface area contributed by atoms with Gasteiger partial charge in [0.25, 0.3) is 0 Å². The van der Waals surface area contributed by atoms with E-state index in [0.717, 1.165) is 62.7 Å². The molecule has 1 amide bonds. The topological polar surface area (TPSA) is 52.6 Å². The van der Waals surface area contributed by atoms with Crippen LogP contribution in [0.15, 0.2) is 0 Å². The molecule has 0 bridgehead atoms. The number of likely N-dealkylation sites (N-methyl/N-ethyl adjacent to an activating group) is 1. The third-order valence-corrected chi connectivity index (χ3v) is 4.88. The number of hydrogen-bond donors (Lipinski definition) is 0. The summed E-state index contributed by atoms with van der Waals surface area (Å²) in [6.07, 6.45) is 4.15. The van der Waals surface area contributed by atoms with Crippen LogP contribution in [0, 0.1) is 0 Å². The van der Waals surface area contributed by atoms with E-state index in [1.54, 1.807) is 6.92 Å². The lowest BCUT2D eigenvalue weighted by Crippen LogP contribution is -2.39. The van der Waals surface area contributed by atoms with Gasteiger partial charge in [-0.05, 0) is 32.7 Å². The molecule has 1 fully saturated rings. The minimum absolute atomic E-state index is 0.0254. The van der Waals surface area contributed by atoms with Crippen LogP contribution >= 0.6 is 0 Å². The first-order chi connectivity index (χ1) is 11.0. The van der Waals surface area contributed by atoms with Crippen LogP contribution in [-0.4, -0.2) is 59.9 Å². The van der Waals surface area contributed by atoms with Crippen molar-refractivity contribution in [3.05, 3.63) is 17.1 Å². The van der Waals surface area contributed by atoms with Gasteiger partial charge in [0.1, 0.15) is 5.82 Å². The van der Waals surface area contributed by atoms with Crippen molar-refractivity contribution in [3.8, 4) is 0 Å². The van der Waals surface area contributed by atoms with Crippen LogP contribution in [0.1, 0.15) is 49.3 Å². The molecular weight excluding hydrogens is 290 g/mol. The van der Waals surface area contributed by atoms with Gasteiger partial charge in [-0.1, -0.05) is 0 Å². The van der Waals surface area contributed by atoms with Crippen LogP contribution in [0.4, 0.5) is 5.82 Å². The van der Waals surface area contributed by atoms with Crippen molar-refractivity contribution in [2.45, 2.75) is 45.2 Å². The molecule has 0 saturated carbocycles. The summed E-state index contributed by atoms with van der Waals surface area (Å²) in [5.41, 5.74) is 2.39. The van der Waals surface area contributed by atoms with E-state index in [2.05, 4.69) is 16.8 Å². The number of hydrogen-bond acceptors (Lipinski definition) is 5. The second-order valence-corrected chi connectivity index (χ2v) is 6.94. The Labute approximate surface area is 138 Å².